The summed E-state index contributed by atoms with van der Waals surface area (Å²) in [5, 5.41) is 5.85. The van der Waals surface area contributed by atoms with E-state index >= 15 is 0 Å². The maximum absolute atomic E-state index is 13.8. The molecule has 1 aliphatic carbocycles. The van der Waals surface area contributed by atoms with Gasteiger partial charge >= 0.3 is 0 Å². The molecule has 1 heterocycles. The molecule has 0 saturated heterocycles. The van der Waals surface area contributed by atoms with Crippen molar-refractivity contribution in [2.45, 2.75) is 56.1 Å². The number of hydrogen-bond acceptors (Lipinski definition) is 6. The number of hydrogen-bond donors (Lipinski definition) is 2. The minimum atomic E-state index is -3.91. The van der Waals surface area contributed by atoms with Crippen molar-refractivity contribution in [2.75, 3.05) is 10.6 Å². The van der Waals surface area contributed by atoms with E-state index in [2.05, 4.69) is 15.6 Å². The molecule has 32 heavy (non-hydrogen) atoms. The van der Waals surface area contributed by atoms with Crippen LogP contribution < -0.4 is 10.6 Å². The molecule has 0 bridgehead atoms. The molecule has 0 radical (unpaired) electrons. The minimum absolute atomic E-state index is 0.179. The van der Waals surface area contributed by atoms with E-state index in [4.69, 9.17) is 0 Å². The van der Waals surface area contributed by atoms with Crippen LogP contribution in [0.25, 0.3) is 10.2 Å². The van der Waals surface area contributed by atoms with Gasteiger partial charge in [-0.2, -0.15) is 0 Å². The molecule has 0 unspecified atom stereocenters. The molecular weight excluding hydrogens is 446 g/mol. The average molecular weight is 472 g/mol. The summed E-state index contributed by atoms with van der Waals surface area (Å²) in [5.74, 6) is -0.709. The summed E-state index contributed by atoms with van der Waals surface area (Å²) in [7, 11) is -3.91. The number of nitrogens with zero attached hydrogens (tertiary/aromatic N) is 1. The predicted molar refractivity (Wildman–Crippen MR) is 127 cm³/mol. The zero-order valence-corrected chi connectivity index (χ0v) is 19.8. The number of rotatable bonds is 5. The van der Waals surface area contributed by atoms with E-state index in [-0.39, 0.29) is 23.6 Å². The first-order chi connectivity index (χ1) is 15.1. The van der Waals surface area contributed by atoms with Gasteiger partial charge in [0.05, 0.1) is 15.1 Å². The Balaban J connectivity index is 1.68. The third kappa shape index (κ3) is 3.91. The number of amides is 2. The van der Waals surface area contributed by atoms with Gasteiger partial charge in [-0.1, -0.05) is 36.3 Å². The van der Waals surface area contributed by atoms with Crippen molar-refractivity contribution in [3.05, 3.63) is 47.5 Å². The summed E-state index contributed by atoms with van der Waals surface area (Å²) in [4.78, 5) is 29.4. The molecule has 1 aliphatic rings. The third-order valence-corrected chi connectivity index (χ3v) is 9.48. The lowest BCUT2D eigenvalue weighted by Crippen LogP contribution is -2.47. The van der Waals surface area contributed by atoms with Gasteiger partial charge in [-0.05, 0) is 62.1 Å². The predicted octanol–water partition coefficient (Wildman–Crippen LogP) is 4.60. The molecule has 9 heteroatoms. The summed E-state index contributed by atoms with van der Waals surface area (Å²) < 4.78 is 26.8. The topological polar surface area (TPSA) is 105 Å². The van der Waals surface area contributed by atoms with Crippen molar-refractivity contribution >= 4 is 54.0 Å². The molecule has 2 aromatic carbocycles. The lowest BCUT2D eigenvalue weighted by Gasteiger charge is -2.28. The van der Waals surface area contributed by atoms with Gasteiger partial charge in [-0.25, -0.2) is 13.4 Å². The molecule has 3 aromatic rings. The smallest absolute Gasteiger partial charge is 0.248 e. The van der Waals surface area contributed by atoms with Crippen LogP contribution in [0, 0.1) is 13.8 Å². The molecule has 2 amide bonds. The number of nitrogens with one attached hydrogen (secondary N) is 2. The van der Waals surface area contributed by atoms with Crippen LogP contribution in [0.3, 0.4) is 0 Å². The number of thiazole rings is 1. The van der Waals surface area contributed by atoms with Crippen molar-refractivity contribution in [3.63, 3.8) is 0 Å². The molecule has 1 aromatic heterocycles. The second-order valence-corrected chi connectivity index (χ2v) is 11.6. The van der Waals surface area contributed by atoms with E-state index in [0.29, 0.717) is 34.7 Å². The number of carbonyl (C=O) groups is 2. The van der Waals surface area contributed by atoms with Gasteiger partial charge in [-0.15, -0.1) is 0 Å². The van der Waals surface area contributed by atoms with Gasteiger partial charge in [-0.3, -0.25) is 9.59 Å². The fraction of sp³-hybridized carbons (Fsp3) is 0.348. The maximum Gasteiger partial charge on any atom is 0.248 e. The van der Waals surface area contributed by atoms with Gasteiger partial charge in [0.15, 0.2) is 19.7 Å². The molecule has 4 rings (SSSR count). The normalized spacial score (nSPS) is 15.6. The van der Waals surface area contributed by atoms with E-state index < -0.39 is 20.5 Å². The monoisotopic (exact) mass is 471 g/mol. The second-order valence-electron chi connectivity index (χ2n) is 8.31. The van der Waals surface area contributed by atoms with Crippen LogP contribution in [-0.2, 0) is 19.4 Å². The highest BCUT2D eigenvalue weighted by atomic mass is 32.2. The van der Waals surface area contributed by atoms with Gasteiger partial charge in [0, 0.05) is 12.6 Å². The van der Waals surface area contributed by atoms with Crippen molar-refractivity contribution in [3.8, 4) is 0 Å². The van der Waals surface area contributed by atoms with E-state index in [1.807, 2.05) is 13.0 Å². The van der Waals surface area contributed by atoms with Crippen LogP contribution in [0.4, 0.5) is 10.8 Å². The maximum atomic E-state index is 13.8. The quantitative estimate of drug-likeness (QED) is 0.566. The molecule has 7 nitrogen and oxygen atoms in total. The van der Waals surface area contributed by atoms with E-state index in [1.165, 1.54) is 18.3 Å². The Bertz CT molecular complexity index is 1320. The largest absolute Gasteiger partial charge is 0.326 e. The molecule has 0 aliphatic heterocycles. The Morgan fingerprint density at radius 3 is 2.44 bits per heavy atom. The number of carbonyl (C=O) groups excluding carboxylic acids is 2. The number of sulfone groups is 1. The lowest BCUT2D eigenvalue weighted by atomic mass is 10.1. The van der Waals surface area contributed by atoms with E-state index in [1.54, 1.807) is 37.3 Å². The first kappa shape index (κ1) is 22.4. The summed E-state index contributed by atoms with van der Waals surface area (Å²) in [6.45, 7) is 5.03. The molecule has 1 fully saturated rings. The highest BCUT2D eigenvalue weighted by Gasteiger charge is 2.53. The lowest BCUT2D eigenvalue weighted by molar-refractivity contribution is -0.118. The second kappa shape index (κ2) is 8.29. The first-order valence-corrected chi connectivity index (χ1v) is 12.7. The van der Waals surface area contributed by atoms with Gasteiger partial charge in [0.1, 0.15) is 0 Å². The number of aromatic nitrogens is 1. The zero-order valence-electron chi connectivity index (χ0n) is 18.2. The number of fused-ring (bicyclic) bond motifs is 1. The number of benzene rings is 2. The van der Waals surface area contributed by atoms with E-state index in [0.717, 1.165) is 10.3 Å². The summed E-state index contributed by atoms with van der Waals surface area (Å²) in [6, 6.07) is 10.6. The summed E-state index contributed by atoms with van der Waals surface area (Å²) >= 11 is 1.25. The highest BCUT2D eigenvalue weighted by molar-refractivity contribution is 7.93. The Hall–Kier alpha value is -2.78. The Labute approximate surface area is 191 Å². The number of anilines is 2. The van der Waals surface area contributed by atoms with Crippen LogP contribution in [0.15, 0.2) is 41.3 Å². The summed E-state index contributed by atoms with van der Waals surface area (Å²) in [6.07, 6.45) is 1.92. The third-order valence-electron chi connectivity index (χ3n) is 5.90. The first-order valence-electron chi connectivity index (χ1n) is 10.4. The zero-order chi connectivity index (χ0) is 23.1. The van der Waals surface area contributed by atoms with Crippen LogP contribution in [0.2, 0.25) is 0 Å². The molecule has 1 saturated carbocycles. The Morgan fingerprint density at radius 2 is 1.75 bits per heavy atom. The number of aryl methyl sites for hydroxylation is 2. The van der Waals surface area contributed by atoms with Crippen LogP contribution in [-0.4, -0.2) is 30.0 Å². The van der Waals surface area contributed by atoms with Crippen LogP contribution in [0.1, 0.15) is 43.7 Å². The highest BCUT2D eigenvalue weighted by Crippen LogP contribution is 2.43. The van der Waals surface area contributed by atoms with Crippen molar-refractivity contribution in [2.24, 2.45) is 0 Å². The van der Waals surface area contributed by atoms with Crippen molar-refractivity contribution in [1.82, 2.24) is 4.98 Å². The van der Waals surface area contributed by atoms with Gasteiger partial charge in [0.25, 0.3) is 0 Å². The van der Waals surface area contributed by atoms with E-state index in [9.17, 15) is 18.0 Å². The molecule has 0 spiro atoms. The Kier molecular flexibility index (Phi) is 5.81. The van der Waals surface area contributed by atoms with Crippen molar-refractivity contribution in [1.29, 1.82) is 0 Å². The minimum Gasteiger partial charge on any atom is -0.326 e. The van der Waals surface area contributed by atoms with Gasteiger partial charge < -0.3 is 10.6 Å². The molecule has 0 atom stereocenters. The summed E-state index contributed by atoms with van der Waals surface area (Å²) in [5.41, 5.74) is 2.78. The Morgan fingerprint density at radius 1 is 1.03 bits per heavy atom. The SMILES string of the molecule is CC(=O)Nc1ccc2nc(NC(=O)C3(S(=O)(=O)c4cc(C)ccc4C)CCCC3)sc2c1. The van der Waals surface area contributed by atoms with Gasteiger partial charge in [0.2, 0.25) is 11.8 Å². The molecule has 2 N–H and O–H groups in total. The standard InChI is InChI=1S/C23H25N3O4S2/c1-14-6-7-15(2)20(12-14)32(29,30)23(10-4-5-11-23)21(28)26-22-25-18-9-8-17(24-16(3)27)13-19(18)31-22/h6-9,12-13H,4-5,10-11H2,1-3H3,(H,24,27)(H,25,26,28). The average Bonchev–Trinajstić information content (AvgIpc) is 3.36. The van der Waals surface area contributed by atoms with Crippen molar-refractivity contribution < 1.29 is 18.0 Å². The van der Waals surface area contributed by atoms with Crippen LogP contribution >= 0.6 is 11.3 Å². The molecule has 168 valence electrons. The molecular formula is C23H25N3O4S2. The fourth-order valence-corrected chi connectivity index (χ4v) is 7.52. The van der Waals surface area contributed by atoms with Crippen LogP contribution in [0.5, 0.6) is 0 Å². The fourth-order valence-electron chi connectivity index (χ4n) is 4.24.